The zero-order valence-electron chi connectivity index (χ0n) is 15.8. The molecule has 0 spiro atoms. The minimum Gasteiger partial charge on any atom is -0.444 e. The van der Waals surface area contributed by atoms with Crippen LogP contribution in [0.2, 0.25) is 0 Å². The van der Waals surface area contributed by atoms with Crippen molar-refractivity contribution >= 4 is 27.1 Å². The minimum absolute atomic E-state index is 0.00518. The third-order valence-electron chi connectivity index (χ3n) is 3.40. The Kier molecular flexibility index (Phi) is 5.98. The summed E-state index contributed by atoms with van der Waals surface area (Å²) in [5.41, 5.74) is -6.71. The van der Waals surface area contributed by atoms with E-state index in [1.807, 2.05) is 0 Å². The van der Waals surface area contributed by atoms with E-state index in [1.165, 1.54) is 13.0 Å². The number of amides is 1. The Morgan fingerprint density at radius 3 is 2.34 bits per heavy atom. The standard InChI is InChI=1S/C17H18F4N2O5S/c1-9(22-15(24)27-16(2,3)4)14-13(28-29(25,26)17(19,20)21)8-10-7-11(18)5-6-12(10)23-14/h5-9H,1-4H3,(H,22,24). The number of rotatable bonds is 4. The predicted octanol–water partition coefficient (Wildman–Crippen LogP) is 4.19. The average Bonchev–Trinajstić information content (AvgIpc) is 2.50. The Morgan fingerprint density at radius 2 is 1.79 bits per heavy atom. The van der Waals surface area contributed by atoms with Crippen molar-refractivity contribution in [2.75, 3.05) is 0 Å². The van der Waals surface area contributed by atoms with E-state index in [1.54, 1.807) is 20.8 Å². The number of carbonyl (C=O) groups excluding carboxylic acids is 1. The monoisotopic (exact) mass is 438 g/mol. The van der Waals surface area contributed by atoms with E-state index < -0.39 is 44.9 Å². The van der Waals surface area contributed by atoms with Gasteiger partial charge in [-0.05, 0) is 52.0 Å². The fourth-order valence-electron chi connectivity index (χ4n) is 2.24. The average molecular weight is 438 g/mol. The lowest BCUT2D eigenvalue weighted by molar-refractivity contribution is -0.0500. The molecule has 0 fully saturated rings. The quantitative estimate of drug-likeness (QED) is 0.437. The number of alkyl carbamates (subject to hydrolysis) is 1. The third kappa shape index (κ3) is 5.68. The van der Waals surface area contributed by atoms with E-state index in [2.05, 4.69) is 14.5 Å². The predicted molar refractivity (Wildman–Crippen MR) is 95.1 cm³/mol. The molecular weight excluding hydrogens is 420 g/mol. The zero-order chi connectivity index (χ0) is 22.2. The summed E-state index contributed by atoms with van der Waals surface area (Å²) in [7, 11) is -6.02. The van der Waals surface area contributed by atoms with Gasteiger partial charge in [0.05, 0.1) is 11.6 Å². The van der Waals surface area contributed by atoms with E-state index >= 15 is 0 Å². The number of halogens is 4. The number of ether oxygens (including phenoxy) is 1. The van der Waals surface area contributed by atoms with Crippen LogP contribution in [0.3, 0.4) is 0 Å². The van der Waals surface area contributed by atoms with Crippen molar-refractivity contribution in [2.45, 2.75) is 44.8 Å². The first-order valence-electron chi connectivity index (χ1n) is 8.19. The van der Waals surface area contributed by atoms with Crippen LogP contribution >= 0.6 is 0 Å². The number of carbonyl (C=O) groups is 1. The molecule has 160 valence electrons. The van der Waals surface area contributed by atoms with Crippen LogP contribution in [-0.2, 0) is 14.9 Å². The van der Waals surface area contributed by atoms with Gasteiger partial charge in [0.2, 0.25) is 0 Å². The second-order valence-corrected chi connectivity index (χ2v) is 8.60. The second kappa shape index (κ2) is 7.65. The van der Waals surface area contributed by atoms with E-state index in [0.717, 1.165) is 18.2 Å². The van der Waals surface area contributed by atoms with E-state index in [9.17, 15) is 30.8 Å². The number of hydrogen-bond donors (Lipinski definition) is 1. The third-order valence-corrected chi connectivity index (χ3v) is 4.36. The molecular formula is C17H18F4N2O5S. The van der Waals surface area contributed by atoms with Crippen LogP contribution in [0.5, 0.6) is 5.75 Å². The van der Waals surface area contributed by atoms with E-state index in [0.29, 0.717) is 0 Å². The first-order valence-corrected chi connectivity index (χ1v) is 9.60. The van der Waals surface area contributed by atoms with E-state index in [4.69, 9.17) is 4.74 Å². The van der Waals surface area contributed by atoms with Gasteiger partial charge in [0.15, 0.2) is 5.75 Å². The Labute approximate surface area is 164 Å². The molecule has 2 rings (SSSR count). The van der Waals surface area contributed by atoms with Crippen LogP contribution in [0.15, 0.2) is 24.3 Å². The van der Waals surface area contributed by atoms with Crippen LogP contribution in [0, 0.1) is 5.82 Å². The first kappa shape index (κ1) is 22.7. The molecule has 1 amide bonds. The molecule has 0 aliphatic heterocycles. The van der Waals surface area contributed by atoms with E-state index in [-0.39, 0.29) is 16.6 Å². The molecule has 0 aliphatic carbocycles. The Balaban J connectivity index is 2.51. The van der Waals surface area contributed by atoms with Gasteiger partial charge in [-0.2, -0.15) is 21.6 Å². The number of aromatic nitrogens is 1. The van der Waals surface area contributed by atoms with Crippen molar-refractivity contribution in [3.05, 3.63) is 35.8 Å². The summed E-state index contributed by atoms with van der Waals surface area (Å²) in [6.07, 6.45) is -0.907. The van der Waals surface area contributed by atoms with Crippen LogP contribution < -0.4 is 9.50 Å². The minimum atomic E-state index is -6.02. The van der Waals surface area contributed by atoms with Crippen molar-refractivity contribution in [1.29, 1.82) is 0 Å². The molecule has 7 nitrogen and oxygen atoms in total. The topological polar surface area (TPSA) is 94.6 Å². The number of alkyl halides is 3. The van der Waals surface area contributed by atoms with Crippen molar-refractivity contribution in [2.24, 2.45) is 0 Å². The maximum absolute atomic E-state index is 13.4. The fourth-order valence-corrected chi connectivity index (χ4v) is 2.70. The molecule has 29 heavy (non-hydrogen) atoms. The SMILES string of the molecule is CC(NC(=O)OC(C)(C)C)c1nc2ccc(F)cc2cc1OS(=O)(=O)C(F)(F)F. The van der Waals surface area contributed by atoms with Gasteiger partial charge in [-0.1, -0.05) is 0 Å². The van der Waals surface area contributed by atoms with Crippen molar-refractivity contribution in [1.82, 2.24) is 10.3 Å². The molecule has 0 bridgehead atoms. The zero-order valence-corrected chi connectivity index (χ0v) is 16.6. The van der Waals surface area contributed by atoms with Gasteiger partial charge in [0.1, 0.15) is 17.1 Å². The van der Waals surface area contributed by atoms with Gasteiger partial charge in [0, 0.05) is 5.39 Å². The molecule has 0 saturated carbocycles. The summed E-state index contributed by atoms with van der Waals surface area (Å²) in [4.78, 5) is 16.0. The first-order chi connectivity index (χ1) is 13.1. The number of nitrogens with one attached hydrogen (secondary N) is 1. The highest BCUT2D eigenvalue weighted by Crippen LogP contribution is 2.33. The Hall–Kier alpha value is -2.63. The summed E-state index contributed by atoms with van der Waals surface area (Å²) >= 11 is 0. The summed E-state index contributed by atoms with van der Waals surface area (Å²) in [6.45, 7) is 6.15. The molecule has 0 radical (unpaired) electrons. The van der Waals surface area contributed by atoms with Crippen LogP contribution in [-0.4, -0.2) is 30.6 Å². The Bertz CT molecular complexity index is 1030. The lowest BCUT2D eigenvalue weighted by Gasteiger charge is -2.23. The molecule has 0 aliphatic rings. The summed E-state index contributed by atoms with van der Waals surface area (Å²) in [5.74, 6) is -1.51. The molecule has 2 aromatic rings. The van der Waals surface area contributed by atoms with Crippen LogP contribution in [0.25, 0.3) is 10.9 Å². The smallest absolute Gasteiger partial charge is 0.444 e. The van der Waals surface area contributed by atoms with Crippen LogP contribution in [0.4, 0.5) is 22.4 Å². The summed E-state index contributed by atoms with van der Waals surface area (Å²) < 4.78 is 83.8. The van der Waals surface area contributed by atoms with Crippen LogP contribution in [0.1, 0.15) is 39.4 Å². The molecule has 1 unspecified atom stereocenters. The highest BCUT2D eigenvalue weighted by atomic mass is 32.2. The van der Waals surface area contributed by atoms with Crippen molar-refractivity contribution in [3.8, 4) is 5.75 Å². The molecule has 1 aromatic heterocycles. The van der Waals surface area contributed by atoms with Gasteiger partial charge in [-0.3, -0.25) is 0 Å². The molecule has 1 atom stereocenters. The molecule has 1 N–H and O–H groups in total. The number of pyridine rings is 1. The fraction of sp³-hybridized carbons (Fsp3) is 0.412. The second-order valence-electron chi connectivity index (χ2n) is 7.06. The van der Waals surface area contributed by atoms with Gasteiger partial charge in [-0.15, -0.1) is 0 Å². The summed E-state index contributed by atoms with van der Waals surface area (Å²) in [6, 6.07) is 3.06. The van der Waals surface area contributed by atoms with Gasteiger partial charge in [0.25, 0.3) is 0 Å². The highest BCUT2D eigenvalue weighted by Gasteiger charge is 2.49. The molecule has 0 saturated heterocycles. The number of benzene rings is 1. The van der Waals surface area contributed by atoms with Crippen molar-refractivity contribution < 1.29 is 39.7 Å². The van der Waals surface area contributed by atoms with Gasteiger partial charge >= 0.3 is 21.7 Å². The lowest BCUT2D eigenvalue weighted by atomic mass is 10.1. The van der Waals surface area contributed by atoms with Gasteiger partial charge < -0.3 is 14.2 Å². The highest BCUT2D eigenvalue weighted by molar-refractivity contribution is 7.88. The lowest BCUT2D eigenvalue weighted by Crippen LogP contribution is -2.35. The maximum Gasteiger partial charge on any atom is 0.534 e. The number of fused-ring (bicyclic) bond motifs is 1. The maximum atomic E-state index is 13.4. The van der Waals surface area contributed by atoms with Crippen molar-refractivity contribution in [3.63, 3.8) is 0 Å². The summed E-state index contributed by atoms with van der Waals surface area (Å²) in [5, 5.41) is 2.35. The Morgan fingerprint density at radius 1 is 1.17 bits per heavy atom. The molecule has 1 heterocycles. The molecule has 1 aromatic carbocycles. The van der Waals surface area contributed by atoms with Gasteiger partial charge in [-0.25, -0.2) is 14.2 Å². The molecule has 12 heteroatoms. The normalized spacial score (nSPS) is 13.8. The largest absolute Gasteiger partial charge is 0.534 e. The number of nitrogens with zero attached hydrogens (tertiary/aromatic N) is 1. The number of hydrogen-bond acceptors (Lipinski definition) is 6.